The number of likely N-dealkylation sites (tertiary alicyclic amines) is 1. The Hall–Kier alpha value is -0.570. The van der Waals surface area contributed by atoms with E-state index in [1.165, 1.54) is 19.3 Å². The first-order chi connectivity index (χ1) is 7.13. The minimum absolute atomic E-state index is 0.262. The highest BCUT2D eigenvalue weighted by molar-refractivity contribution is 5.78. The molecule has 0 saturated carbocycles. The summed E-state index contributed by atoms with van der Waals surface area (Å²) in [5.74, 6) is 1.10. The van der Waals surface area contributed by atoms with E-state index >= 15 is 0 Å². The third-order valence-corrected chi connectivity index (χ3v) is 3.21. The van der Waals surface area contributed by atoms with Crippen LogP contribution in [0.25, 0.3) is 0 Å². The fraction of sp³-hybridized carbons (Fsp3) is 0.917. The van der Waals surface area contributed by atoms with Crippen molar-refractivity contribution >= 4 is 5.91 Å². The van der Waals surface area contributed by atoms with Gasteiger partial charge in [0, 0.05) is 19.1 Å². The number of amides is 1. The molecule has 1 aliphatic rings. The summed E-state index contributed by atoms with van der Waals surface area (Å²) in [6.45, 7) is 8.78. The SMILES string of the molecule is CCC1CCN(C(=O)CNC(C)C)CC1. The molecular weight excluding hydrogens is 188 g/mol. The van der Waals surface area contributed by atoms with Crippen LogP contribution >= 0.6 is 0 Å². The molecule has 0 bridgehead atoms. The maximum atomic E-state index is 11.8. The molecule has 0 unspecified atom stereocenters. The van der Waals surface area contributed by atoms with Gasteiger partial charge in [-0.15, -0.1) is 0 Å². The van der Waals surface area contributed by atoms with Crippen LogP contribution in [0.1, 0.15) is 40.0 Å². The van der Waals surface area contributed by atoms with Gasteiger partial charge >= 0.3 is 0 Å². The van der Waals surface area contributed by atoms with Crippen LogP contribution in [-0.4, -0.2) is 36.5 Å². The molecule has 1 heterocycles. The molecule has 3 nitrogen and oxygen atoms in total. The molecule has 3 heteroatoms. The smallest absolute Gasteiger partial charge is 0.236 e. The second-order valence-electron chi connectivity index (χ2n) is 4.77. The van der Waals surface area contributed by atoms with Gasteiger partial charge in [0.15, 0.2) is 0 Å². The van der Waals surface area contributed by atoms with Gasteiger partial charge in [-0.2, -0.15) is 0 Å². The van der Waals surface area contributed by atoms with Crippen molar-refractivity contribution in [1.82, 2.24) is 10.2 Å². The van der Waals surface area contributed by atoms with Crippen LogP contribution < -0.4 is 5.32 Å². The molecule has 0 aromatic rings. The topological polar surface area (TPSA) is 32.3 Å². The van der Waals surface area contributed by atoms with Gasteiger partial charge in [0.2, 0.25) is 5.91 Å². The Morgan fingerprint density at radius 1 is 1.40 bits per heavy atom. The zero-order chi connectivity index (χ0) is 11.3. The predicted octanol–water partition coefficient (Wildman–Crippen LogP) is 1.63. The van der Waals surface area contributed by atoms with Gasteiger partial charge < -0.3 is 10.2 Å². The van der Waals surface area contributed by atoms with E-state index in [9.17, 15) is 4.79 Å². The number of carbonyl (C=O) groups is 1. The van der Waals surface area contributed by atoms with Crippen molar-refractivity contribution in [2.75, 3.05) is 19.6 Å². The largest absolute Gasteiger partial charge is 0.342 e. The van der Waals surface area contributed by atoms with Crippen LogP contribution in [0, 0.1) is 5.92 Å². The molecule has 1 saturated heterocycles. The fourth-order valence-electron chi connectivity index (χ4n) is 1.99. The highest BCUT2D eigenvalue weighted by atomic mass is 16.2. The molecule has 1 N–H and O–H groups in total. The Labute approximate surface area is 93.2 Å². The van der Waals surface area contributed by atoms with Crippen LogP contribution in [0.15, 0.2) is 0 Å². The first-order valence-electron chi connectivity index (χ1n) is 6.14. The Kier molecular flexibility index (Phi) is 5.09. The zero-order valence-corrected chi connectivity index (χ0v) is 10.3. The Bertz CT molecular complexity index is 196. The van der Waals surface area contributed by atoms with E-state index < -0.39 is 0 Å². The van der Waals surface area contributed by atoms with E-state index in [1.807, 2.05) is 4.90 Å². The number of nitrogens with one attached hydrogen (secondary N) is 1. The quantitative estimate of drug-likeness (QED) is 0.768. The van der Waals surface area contributed by atoms with E-state index in [2.05, 4.69) is 26.1 Å². The van der Waals surface area contributed by atoms with Crippen LogP contribution in [0.3, 0.4) is 0 Å². The molecule has 1 aliphatic heterocycles. The lowest BCUT2D eigenvalue weighted by atomic mass is 9.94. The monoisotopic (exact) mass is 212 g/mol. The molecule has 0 atom stereocenters. The number of carbonyl (C=O) groups excluding carboxylic acids is 1. The van der Waals surface area contributed by atoms with E-state index in [4.69, 9.17) is 0 Å². The Morgan fingerprint density at radius 3 is 2.47 bits per heavy atom. The van der Waals surface area contributed by atoms with Gasteiger partial charge in [0.05, 0.1) is 6.54 Å². The van der Waals surface area contributed by atoms with Crippen LogP contribution in [0.2, 0.25) is 0 Å². The normalized spacial score (nSPS) is 18.5. The first kappa shape index (κ1) is 12.5. The van der Waals surface area contributed by atoms with E-state index in [-0.39, 0.29) is 5.91 Å². The minimum atomic E-state index is 0.262. The predicted molar refractivity (Wildman–Crippen MR) is 62.7 cm³/mol. The third kappa shape index (κ3) is 4.20. The molecule has 0 spiro atoms. The van der Waals surface area contributed by atoms with Gasteiger partial charge in [-0.05, 0) is 18.8 Å². The Balaban J connectivity index is 2.24. The summed E-state index contributed by atoms with van der Waals surface area (Å²) in [5, 5.41) is 3.18. The summed E-state index contributed by atoms with van der Waals surface area (Å²) in [4.78, 5) is 13.8. The van der Waals surface area contributed by atoms with Crippen molar-refractivity contribution in [3.63, 3.8) is 0 Å². The molecule has 0 radical (unpaired) electrons. The summed E-state index contributed by atoms with van der Waals surface area (Å²) in [6.07, 6.45) is 3.63. The van der Waals surface area contributed by atoms with Gasteiger partial charge in [-0.25, -0.2) is 0 Å². The maximum Gasteiger partial charge on any atom is 0.236 e. The van der Waals surface area contributed by atoms with Crippen molar-refractivity contribution in [3.8, 4) is 0 Å². The number of rotatable bonds is 4. The first-order valence-corrected chi connectivity index (χ1v) is 6.14. The third-order valence-electron chi connectivity index (χ3n) is 3.21. The molecule has 0 aromatic heterocycles. The molecule has 1 fully saturated rings. The lowest BCUT2D eigenvalue weighted by Gasteiger charge is -2.31. The zero-order valence-electron chi connectivity index (χ0n) is 10.3. The van der Waals surface area contributed by atoms with Crippen LogP contribution in [-0.2, 0) is 4.79 Å². The van der Waals surface area contributed by atoms with Crippen molar-refractivity contribution in [1.29, 1.82) is 0 Å². The van der Waals surface area contributed by atoms with Crippen molar-refractivity contribution in [2.24, 2.45) is 5.92 Å². The Morgan fingerprint density at radius 2 is 2.00 bits per heavy atom. The lowest BCUT2D eigenvalue weighted by Crippen LogP contribution is -2.44. The molecule has 88 valence electrons. The fourth-order valence-corrected chi connectivity index (χ4v) is 1.99. The molecule has 1 rings (SSSR count). The number of piperidine rings is 1. The molecule has 0 aromatic carbocycles. The molecule has 0 aliphatic carbocycles. The van der Waals surface area contributed by atoms with Crippen LogP contribution in [0.5, 0.6) is 0 Å². The molecule has 15 heavy (non-hydrogen) atoms. The van der Waals surface area contributed by atoms with E-state index in [0.717, 1.165) is 19.0 Å². The van der Waals surface area contributed by atoms with Gasteiger partial charge in [0.1, 0.15) is 0 Å². The highest BCUT2D eigenvalue weighted by Crippen LogP contribution is 2.19. The number of hydrogen-bond acceptors (Lipinski definition) is 2. The van der Waals surface area contributed by atoms with E-state index in [1.54, 1.807) is 0 Å². The summed E-state index contributed by atoms with van der Waals surface area (Å²) in [5.41, 5.74) is 0. The van der Waals surface area contributed by atoms with Crippen LogP contribution in [0.4, 0.5) is 0 Å². The lowest BCUT2D eigenvalue weighted by molar-refractivity contribution is -0.131. The number of nitrogens with zero attached hydrogens (tertiary/aromatic N) is 1. The van der Waals surface area contributed by atoms with Crippen molar-refractivity contribution in [3.05, 3.63) is 0 Å². The van der Waals surface area contributed by atoms with Gasteiger partial charge in [-0.3, -0.25) is 4.79 Å². The van der Waals surface area contributed by atoms with Crippen molar-refractivity contribution < 1.29 is 4.79 Å². The number of hydrogen-bond donors (Lipinski definition) is 1. The highest BCUT2D eigenvalue weighted by Gasteiger charge is 2.21. The second kappa shape index (κ2) is 6.11. The summed E-state index contributed by atoms with van der Waals surface area (Å²) < 4.78 is 0. The summed E-state index contributed by atoms with van der Waals surface area (Å²) in [7, 11) is 0. The average Bonchev–Trinajstić information content (AvgIpc) is 2.26. The average molecular weight is 212 g/mol. The summed E-state index contributed by atoms with van der Waals surface area (Å²) in [6, 6.07) is 0.391. The standard InChI is InChI=1S/C12H24N2O/c1-4-11-5-7-14(8-6-11)12(15)9-13-10(2)3/h10-11,13H,4-9H2,1-3H3. The summed E-state index contributed by atoms with van der Waals surface area (Å²) >= 11 is 0. The van der Waals surface area contributed by atoms with Gasteiger partial charge in [-0.1, -0.05) is 27.2 Å². The maximum absolute atomic E-state index is 11.8. The minimum Gasteiger partial charge on any atom is -0.342 e. The second-order valence-corrected chi connectivity index (χ2v) is 4.77. The molecular formula is C12H24N2O. The van der Waals surface area contributed by atoms with Crippen molar-refractivity contribution in [2.45, 2.75) is 46.1 Å². The van der Waals surface area contributed by atoms with Gasteiger partial charge in [0.25, 0.3) is 0 Å². The van der Waals surface area contributed by atoms with E-state index in [0.29, 0.717) is 12.6 Å². The molecule has 1 amide bonds.